The molecule has 4 rings (SSSR count). The van der Waals surface area contributed by atoms with E-state index in [0.29, 0.717) is 24.5 Å². The second-order valence-electron chi connectivity index (χ2n) is 6.49. The van der Waals surface area contributed by atoms with E-state index in [1.54, 1.807) is 22.8 Å². The maximum Gasteiger partial charge on any atom is 0.255 e. The number of carbonyl (C=O) groups excluding carboxylic acids is 1. The summed E-state index contributed by atoms with van der Waals surface area (Å²) in [5.41, 5.74) is 2.16. The number of carbonyl (C=O) groups is 1. The molecule has 0 saturated heterocycles. The molecule has 0 N–H and O–H groups in total. The standard InChI is InChI=1S/C19H20N4O3/c1-12-15-8-13(9-20-18(15)23(3)21-12)19(24)22(2)10-14-11-25-16-6-4-5-7-17(16)26-14/h4-9,14H,10-11H2,1-3H3/t14-/m0/s1. The number of benzene rings is 1. The quantitative estimate of drug-likeness (QED) is 0.723. The van der Waals surface area contributed by atoms with Crippen molar-refractivity contribution < 1.29 is 14.3 Å². The molecule has 1 aliphatic rings. The lowest BCUT2D eigenvalue weighted by Gasteiger charge is -2.29. The Morgan fingerprint density at radius 1 is 1.35 bits per heavy atom. The maximum absolute atomic E-state index is 12.8. The van der Waals surface area contributed by atoms with Crippen LogP contribution in [0.5, 0.6) is 11.5 Å². The van der Waals surface area contributed by atoms with Gasteiger partial charge in [0.15, 0.2) is 23.3 Å². The van der Waals surface area contributed by atoms with E-state index in [1.165, 1.54) is 0 Å². The van der Waals surface area contributed by atoms with Crippen LogP contribution in [0.1, 0.15) is 16.1 Å². The van der Waals surface area contributed by atoms with Gasteiger partial charge in [-0.1, -0.05) is 12.1 Å². The van der Waals surface area contributed by atoms with Crippen molar-refractivity contribution in [3.8, 4) is 11.5 Å². The summed E-state index contributed by atoms with van der Waals surface area (Å²) < 4.78 is 13.4. The van der Waals surface area contributed by atoms with Crippen LogP contribution in [0.15, 0.2) is 36.5 Å². The van der Waals surface area contributed by atoms with E-state index >= 15 is 0 Å². The van der Waals surface area contributed by atoms with Crippen molar-refractivity contribution in [1.82, 2.24) is 19.7 Å². The summed E-state index contributed by atoms with van der Waals surface area (Å²) >= 11 is 0. The zero-order valence-corrected chi connectivity index (χ0v) is 15.0. The number of pyridine rings is 1. The Morgan fingerprint density at radius 2 is 2.12 bits per heavy atom. The number of nitrogens with zero attached hydrogens (tertiary/aromatic N) is 4. The van der Waals surface area contributed by atoms with Crippen molar-refractivity contribution in [2.45, 2.75) is 13.0 Å². The molecule has 1 amide bonds. The Balaban J connectivity index is 1.49. The first-order valence-electron chi connectivity index (χ1n) is 8.46. The molecule has 3 heterocycles. The van der Waals surface area contributed by atoms with Gasteiger partial charge in [0.1, 0.15) is 6.61 Å². The van der Waals surface area contributed by atoms with Crippen molar-refractivity contribution in [3.63, 3.8) is 0 Å². The van der Waals surface area contributed by atoms with Crippen molar-refractivity contribution in [1.29, 1.82) is 0 Å². The van der Waals surface area contributed by atoms with Gasteiger partial charge in [-0.3, -0.25) is 9.48 Å². The van der Waals surface area contributed by atoms with Crippen LogP contribution in [0.3, 0.4) is 0 Å². The number of aryl methyl sites for hydroxylation is 2. The molecule has 0 spiro atoms. The number of fused-ring (bicyclic) bond motifs is 2. The molecule has 1 aromatic carbocycles. The van der Waals surface area contributed by atoms with Crippen LogP contribution in [0.2, 0.25) is 0 Å². The molecule has 0 radical (unpaired) electrons. The first-order valence-corrected chi connectivity index (χ1v) is 8.46. The van der Waals surface area contributed by atoms with Gasteiger partial charge in [0.2, 0.25) is 0 Å². The highest BCUT2D eigenvalue weighted by molar-refractivity contribution is 5.97. The van der Waals surface area contributed by atoms with Crippen molar-refractivity contribution in [3.05, 3.63) is 47.8 Å². The van der Waals surface area contributed by atoms with Crippen LogP contribution >= 0.6 is 0 Å². The molecule has 2 aromatic heterocycles. The molecule has 26 heavy (non-hydrogen) atoms. The fourth-order valence-electron chi connectivity index (χ4n) is 3.19. The maximum atomic E-state index is 12.8. The second-order valence-corrected chi connectivity index (χ2v) is 6.49. The predicted molar refractivity (Wildman–Crippen MR) is 96.6 cm³/mol. The number of hydrogen-bond acceptors (Lipinski definition) is 5. The number of para-hydroxylation sites is 2. The molecule has 0 saturated carbocycles. The first kappa shape index (κ1) is 16.4. The fourth-order valence-corrected chi connectivity index (χ4v) is 3.19. The minimum atomic E-state index is -0.212. The van der Waals surface area contributed by atoms with Crippen LogP contribution in [0.25, 0.3) is 11.0 Å². The van der Waals surface area contributed by atoms with Crippen LogP contribution in [0, 0.1) is 6.92 Å². The summed E-state index contributed by atoms with van der Waals surface area (Å²) in [4.78, 5) is 18.8. The molecule has 0 bridgehead atoms. The van der Waals surface area contributed by atoms with E-state index in [2.05, 4.69) is 10.1 Å². The van der Waals surface area contributed by atoms with E-state index in [-0.39, 0.29) is 12.0 Å². The molecule has 1 aliphatic heterocycles. The number of ether oxygens (including phenoxy) is 2. The molecular formula is C19H20N4O3. The van der Waals surface area contributed by atoms with E-state index < -0.39 is 0 Å². The highest BCUT2D eigenvalue weighted by Gasteiger charge is 2.24. The number of rotatable bonds is 3. The van der Waals surface area contributed by atoms with Gasteiger partial charge >= 0.3 is 0 Å². The summed E-state index contributed by atoms with van der Waals surface area (Å²) in [6.07, 6.45) is 1.38. The number of amides is 1. The monoisotopic (exact) mass is 352 g/mol. The zero-order chi connectivity index (χ0) is 18.3. The summed E-state index contributed by atoms with van der Waals surface area (Å²) in [7, 11) is 3.60. The van der Waals surface area contributed by atoms with Crippen LogP contribution in [-0.2, 0) is 7.05 Å². The number of aromatic nitrogens is 3. The lowest BCUT2D eigenvalue weighted by atomic mass is 10.2. The molecule has 134 valence electrons. The van der Waals surface area contributed by atoms with E-state index in [1.807, 2.05) is 44.3 Å². The van der Waals surface area contributed by atoms with Crippen LogP contribution < -0.4 is 9.47 Å². The average molecular weight is 352 g/mol. The van der Waals surface area contributed by atoms with Gasteiger partial charge in [-0.05, 0) is 25.1 Å². The lowest BCUT2D eigenvalue weighted by Crippen LogP contribution is -2.41. The highest BCUT2D eigenvalue weighted by Crippen LogP contribution is 2.31. The Kier molecular flexibility index (Phi) is 3.99. The third-order valence-electron chi connectivity index (χ3n) is 4.50. The highest BCUT2D eigenvalue weighted by atomic mass is 16.6. The smallest absolute Gasteiger partial charge is 0.255 e. The lowest BCUT2D eigenvalue weighted by molar-refractivity contribution is 0.0521. The van der Waals surface area contributed by atoms with Gasteiger partial charge in [-0.25, -0.2) is 4.98 Å². The molecule has 0 unspecified atom stereocenters. The Labute approximate surface area is 151 Å². The Bertz CT molecular complexity index is 982. The number of likely N-dealkylation sites (N-methyl/N-ethyl adjacent to an activating group) is 1. The molecule has 7 nitrogen and oxygen atoms in total. The van der Waals surface area contributed by atoms with Crippen molar-refractivity contribution >= 4 is 16.9 Å². The molecule has 3 aromatic rings. The Hall–Kier alpha value is -3.09. The molecule has 1 atom stereocenters. The summed E-state index contributed by atoms with van der Waals surface area (Å²) in [5, 5.41) is 5.23. The third kappa shape index (κ3) is 2.85. The number of hydrogen-bond donors (Lipinski definition) is 0. The van der Waals surface area contributed by atoms with E-state index in [9.17, 15) is 4.79 Å². The minimum absolute atomic E-state index is 0.106. The molecule has 7 heteroatoms. The Morgan fingerprint density at radius 3 is 2.92 bits per heavy atom. The van der Waals surface area contributed by atoms with Gasteiger partial charge in [0, 0.05) is 25.7 Å². The summed E-state index contributed by atoms with van der Waals surface area (Å²) in [5.74, 6) is 1.34. The normalized spacial score (nSPS) is 15.9. The SMILES string of the molecule is Cc1nn(C)c2ncc(C(=O)N(C)C[C@H]3COc4ccccc4O3)cc12. The van der Waals surface area contributed by atoms with E-state index in [0.717, 1.165) is 22.5 Å². The van der Waals surface area contributed by atoms with Crippen molar-refractivity contribution in [2.24, 2.45) is 7.05 Å². The minimum Gasteiger partial charge on any atom is -0.486 e. The zero-order valence-electron chi connectivity index (χ0n) is 15.0. The summed E-state index contributed by atoms with van der Waals surface area (Å²) in [6, 6.07) is 9.39. The predicted octanol–water partition coefficient (Wildman–Crippen LogP) is 2.19. The molecule has 0 aliphatic carbocycles. The van der Waals surface area contributed by atoms with Gasteiger partial charge in [0.05, 0.1) is 17.8 Å². The first-order chi connectivity index (χ1) is 12.5. The second kappa shape index (κ2) is 6.33. The van der Waals surface area contributed by atoms with Crippen LogP contribution in [-0.4, -0.2) is 51.9 Å². The van der Waals surface area contributed by atoms with Crippen LogP contribution in [0.4, 0.5) is 0 Å². The molecular weight excluding hydrogens is 332 g/mol. The van der Waals surface area contributed by atoms with Gasteiger partial charge in [0.25, 0.3) is 5.91 Å². The fraction of sp³-hybridized carbons (Fsp3) is 0.316. The average Bonchev–Trinajstić information content (AvgIpc) is 2.94. The van der Waals surface area contributed by atoms with Gasteiger partial charge in [-0.15, -0.1) is 0 Å². The van der Waals surface area contributed by atoms with Gasteiger partial charge < -0.3 is 14.4 Å². The summed E-state index contributed by atoms with van der Waals surface area (Å²) in [6.45, 7) is 2.75. The third-order valence-corrected chi connectivity index (χ3v) is 4.50. The van der Waals surface area contributed by atoms with Crippen molar-refractivity contribution in [2.75, 3.05) is 20.2 Å². The topological polar surface area (TPSA) is 69.5 Å². The van der Waals surface area contributed by atoms with E-state index in [4.69, 9.17) is 9.47 Å². The largest absolute Gasteiger partial charge is 0.486 e. The molecule has 0 fully saturated rings. The van der Waals surface area contributed by atoms with Gasteiger partial charge in [-0.2, -0.15) is 5.10 Å².